The number of nitrogens with zero attached hydrogens (tertiary/aromatic N) is 4. The van der Waals surface area contributed by atoms with Gasteiger partial charge in [0, 0.05) is 65.0 Å². The van der Waals surface area contributed by atoms with E-state index >= 15 is 4.39 Å². The smallest absolute Gasteiger partial charge is 0.266 e. The number of benzene rings is 2. The highest BCUT2D eigenvalue weighted by Crippen LogP contribution is 2.33. The molecule has 1 saturated heterocycles. The van der Waals surface area contributed by atoms with Crippen molar-refractivity contribution in [3.8, 4) is 0 Å². The Bertz CT molecular complexity index is 1570. The minimum atomic E-state index is -1.27. The largest absolute Gasteiger partial charge is 0.382 e. The van der Waals surface area contributed by atoms with Crippen LogP contribution in [0.1, 0.15) is 22.9 Å². The topological polar surface area (TPSA) is 80.0 Å². The summed E-state index contributed by atoms with van der Waals surface area (Å²) in [7, 11) is 1.49. The van der Waals surface area contributed by atoms with E-state index < -0.39 is 11.9 Å². The van der Waals surface area contributed by atoms with Crippen LogP contribution in [0.2, 0.25) is 5.02 Å². The molecule has 9 heteroatoms. The van der Waals surface area contributed by atoms with E-state index in [4.69, 9.17) is 16.3 Å². The summed E-state index contributed by atoms with van der Waals surface area (Å²) in [5.74, 6) is -0.556. The number of anilines is 1. The van der Waals surface area contributed by atoms with Crippen molar-refractivity contribution in [2.24, 2.45) is 12.0 Å². The molecule has 0 spiro atoms. The highest BCUT2D eigenvalue weighted by Gasteiger charge is 2.22. The molecule has 5 rings (SSSR count). The number of aromatic nitrogens is 2. The lowest BCUT2D eigenvalue weighted by atomic mass is 9.92. The number of ether oxygens (including phenoxy) is 1. The Morgan fingerprint density at radius 1 is 1.17 bits per heavy atom. The molecule has 0 aliphatic carbocycles. The maximum absolute atomic E-state index is 15.4. The second-order valence-corrected chi connectivity index (χ2v) is 9.03. The number of fused-ring (bicyclic) bond motifs is 1. The van der Waals surface area contributed by atoms with Gasteiger partial charge in [0.15, 0.2) is 0 Å². The van der Waals surface area contributed by atoms with Crippen molar-refractivity contribution in [1.29, 1.82) is 0 Å². The summed E-state index contributed by atoms with van der Waals surface area (Å²) >= 11 is 6.36. The summed E-state index contributed by atoms with van der Waals surface area (Å²) in [6, 6.07) is 11.3. The molecule has 7 nitrogen and oxygen atoms in total. The lowest BCUT2D eigenvalue weighted by molar-refractivity contribution is 0.122. The Labute approximate surface area is 211 Å². The Balaban J connectivity index is 1.67. The number of aliphatic hydroxyl groups excluding tert-OH is 1. The van der Waals surface area contributed by atoms with Gasteiger partial charge in [0.25, 0.3) is 5.56 Å². The number of halogens is 2. The molecule has 1 atom stereocenters. The zero-order valence-electron chi connectivity index (χ0n) is 19.6. The van der Waals surface area contributed by atoms with Crippen molar-refractivity contribution < 1.29 is 14.2 Å². The van der Waals surface area contributed by atoms with Crippen molar-refractivity contribution in [3.05, 3.63) is 115 Å². The Morgan fingerprint density at radius 2 is 1.94 bits per heavy atom. The van der Waals surface area contributed by atoms with E-state index in [0.29, 0.717) is 34.9 Å². The summed E-state index contributed by atoms with van der Waals surface area (Å²) in [6.07, 6.45) is 2.10. The van der Waals surface area contributed by atoms with Crippen molar-refractivity contribution >= 4 is 22.9 Å². The van der Waals surface area contributed by atoms with Crippen LogP contribution in [-0.2, 0) is 11.8 Å². The van der Waals surface area contributed by atoms with Gasteiger partial charge in [0.2, 0.25) is 0 Å². The molecule has 1 unspecified atom stereocenters. The third kappa shape index (κ3) is 4.51. The summed E-state index contributed by atoms with van der Waals surface area (Å²) in [5, 5.41) is 16.6. The molecule has 0 saturated carbocycles. The fraction of sp³-hybridized carbons (Fsp3) is 0.222. The lowest BCUT2D eigenvalue weighted by Gasteiger charge is -2.28. The Kier molecular flexibility index (Phi) is 6.57. The van der Waals surface area contributed by atoms with Gasteiger partial charge in [0.05, 0.1) is 24.3 Å². The third-order valence-corrected chi connectivity index (χ3v) is 6.68. The second kappa shape index (κ2) is 9.81. The Morgan fingerprint density at radius 3 is 2.69 bits per heavy atom. The summed E-state index contributed by atoms with van der Waals surface area (Å²) < 4.78 is 22.0. The number of morpholine rings is 1. The molecule has 2 aliphatic rings. The van der Waals surface area contributed by atoms with Crippen LogP contribution >= 0.6 is 11.6 Å². The number of hydrogen-bond acceptors (Lipinski definition) is 6. The van der Waals surface area contributed by atoms with E-state index in [1.165, 1.54) is 31.3 Å². The van der Waals surface area contributed by atoms with E-state index in [1.54, 1.807) is 12.3 Å². The summed E-state index contributed by atoms with van der Waals surface area (Å²) in [6.45, 7) is 7.02. The van der Waals surface area contributed by atoms with Crippen LogP contribution in [0.5, 0.6) is 0 Å². The monoisotopic (exact) mass is 506 g/mol. The SMILES string of the molecule is C=C1C=CN=c2cc(N3CCOCC3)ccc2=C1c1cc(C(O)c2ccc(=O)n(C)n2)c(Cl)cc1F. The first-order chi connectivity index (χ1) is 17.3. The molecular formula is C27H24ClFN4O3. The molecule has 0 bridgehead atoms. The van der Waals surface area contributed by atoms with E-state index in [9.17, 15) is 9.90 Å². The molecule has 3 aromatic rings. The number of aliphatic hydroxyl groups is 1. The molecule has 2 aliphatic heterocycles. The predicted octanol–water partition coefficient (Wildman–Crippen LogP) is 2.39. The van der Waals surface area contributed by atoms with E-state index in [1.807, 2.05) is 18.2 Å². The first kappa shape index (κ1) is 24.1. The van der Waals surface area contributed by atoms with E-state index in [2.05, 4.69) is 21.6 Å². The van der Waals surface area contributed by atoms with Gasteiger partial charge in [0.1, 0.15) is 11.9 Å². The van der Waals surface area contributed by atoms with Gasteiger partial charge in [-0.1, -0.05) is 24.2 Å². The highest BCUT2D eigenvalue weighted by molar-refractivity contribution is 6.31. The van der Waals surface area contributed by atoms with Crippen molar-refractivity contribution in [1.82, 2.24) is 9.78 Å². The van der Waals surface area contributed by atoms with Crippen molar-refractivity contribution in [3.63, 3.8) is 0 Å². The van der Waals surface area contributed by atoms with Gasteiger partial charge in [-0.25, -0.2) is 9.07 Å². The molecule has 0 radical (unpaired) electrons. The highest BCUT2D eigenvalue weighted by atomic mass is 35.5. The van der Waals surface area contributed by atoms with Crippen LogP contribution in [0.25, 0.3) is 5.57 Å². The zero-order valence-corrected chi connectivity index (χ0v) is 20.4. The van der Waals surface area contributed by atoms with Gasteiger partial charge >= 0.3 is 0 Å². The predicted molar refractivity (Wildman–Crippen MR) is 136 cm³/mol. The first-order valence-electron chi connectivity index (χ1n) is 11.5. The number of aryl methyl sites for hydroxylation is 1. The number of rotatable bonds is 4. The van der Waals surface area contributed by atoms with Gasteiger partial charge in [-0.15, -0.1) is 0 Å². The molecule has 2 aromatic carbocycles. The molecule has 184 valence electrons. The average Bonchev–Trinajstić information content (AvgIpc) is 3.03. The molecule has 0 amide bonds. The maximum Gasteiger partial charge on any atom is 0.266 e. The van der Waals surface area contributed by atoms with Gasteiger partial charge in [-0.2, -0.15) is 5.10 Å². The van der Waals surface area contributed by atoms with Gasteiger partial charge in [-0.3, -0.25) is 9.79 Å². The first-order valence-corrected chi connectivity index (χ1v) is 11.8. The van der Waals surface area contributed by atoms with Gasteiger partial charge in [-0.05, 0) is 42.0 Å². The number of allylic oxidation sites excluding steroid dienone is 2. The van der Waals surface area contributed by atoms with Crippen LogP contribution < -0.4 is 21.0 Å². The second-order valence-electron chi connectivity index (χ2n) is 8.62. The molecule has 1 aromatic heterocycles. The minimum Gasteiger partial charge on any atom is -0.382 e. The maximum atomic E-state index is 15.4. The molecule has 36 heavy (non-hydrogen) atoms. The summed E-state index contributed by atoms with van der Waals surface area (Å²) in [4.78, 5) is 18.5. The molecule has 3 heterocycles. The van der Waals surface area contributed by atoms with Crippen LogP contribution in [-0.4, -0.2) is 41.2 Å². The quantitative estimate of drug-likeness (QED) is 0.588. The molecule has 1 N–H and O–H groups in total. The Hall–Kier alpha value is -3.59. The van der Waals surface area contributed by atoms with Crippen molar-refractivity contribution in [2.45, 2.75) is 6.10 Å². The van der Waals surface area contributed by atoms with Crippen molar-refractivity contribution in [2.75, 3.05) is 31.2 Å². The van der Waals surface area contributed by atoms with Crippen LogP contribution in [0.15, 0.2) is 76.7 Å². The standard InChI is InChI=1S/C27H24ClFN4O3/c1-16-7-8-30-24-13-17(33-9-11-36-12-10-33)3-4-18(24)26(16)20-14-19(21(28)15-22(20)29)27(35)23-5-6-25(34)32(2)31-23/h3-8,13-15,27,35H,1,9-12H2,2H3. The molecule has 1 fully saturated rings. The lowest BCUT2D eigenvalue weighted by Crippen LogP contribution is -2.38. The summed E-state index contributed by atoms with van der Waals surface area (Å²) in [5.41, 5.74) is 2.51. The van der Waals surface area contributed by atoms with E-state index in [0.717, 1.165) is 23.5 Å². The third-order valence-electron chi connectivity index (χ3n) is 6.35. The van der Waals surface area contributed by atoms with Crippen LogP contribution in [0, 0.1) is 5.82 Å². The average molecular weight is 507 g/mol. The van der Waals surface area contributed by atoms with Crippen LogP contribution in [0.4, 0.5) is 10.1 Å². The number of hydrogen-bond donors (Lipinski definition) is 1. The minimum absolute atomic E-state index is 0.0438. The van der Waals surface area contributed by atoms with Gasteiger partial charge < -0.3 is 14.7 Å². The molecular weight excluding hydrogens is 483 g/mol. The van der Waals surface area contributed by atoms with Crippen LogP contribution in [0.3, 0.4) is 0 Å². The fourth-order valence-corrected chi connectivity index (χ4v) is 4.68. The normalized spacial score (nSPS) is 16.4. The fourth-order valence-electron chi connectivity index (χ4n) is 4.43. The zero-order chi connectivity index (χ0) is 25.4. The van der Waals surface area contributed by atoms with E-state index in [-0.39, 0.29) is 27.4 Å².